The molecule has 28 heavy (non-hydrogen) atoms. The first-order chi connectivity index (χ1) is 13.6. The van der Waals surface area contributed by atoms with E-state index in [0.29, 0.717) is 6.54 Å². The van der Waals surface area contributed by atoms with E-state index in [-0.39, 0.29) is 12.8 Å². The van der Waals surface area contributed by atoms with Crippen LogP contribution in [0.15, 0.2) is 0 Å². The molecule has 0 fully saturated rings. The maximum absolute atomic E-state index is 11.1. The Bertz CT molecular complexity index is 374. The minimum Gasteiger partial charge on any atom is -0.481 e. The molecule has 0 bridgehead atoms. The molecule has 0 saturated heterocycles. The Morgan fingerprint density at radius 2 is 1.07 bits per heavy atom. The molecule has 3 N–H and O–H groups in total. The third-order valence-electron chi connectivity index (χ3n) is 5.37. The fourth-order valence-electron chi connectivity index (χ4n) is 3.53. The first-order valence-electron chi connectivity index (χ1n) is 11.8. The summed E-state index contributed by atoms with van der Waals surface area (Å²) in [6.07, 6.45) is 21.1. The molecule has 0 saturated carbocycles. The van der Waals surface area contributed by atoms with Gasteiger partial charge in [-0.25, -0.2) is 0 Å². The van der Waals surface area contributed by atoms with E-state index in [0.717, 1.165) is 12.8 Å². The van der Waals surface area contributed by atoms with Crippen LogP contribution in [0.5, 0.6) is 0 Å². The second-order valence-corrected chi connectivity index (χ2v) is 8.08. The number of rotatable bonds is 22. The molecule has 0 unspecified atom stereocenters. The number of aliphatic carboxylic acids is 2. The van der Waals surface area contributed by atoms with E-state index >= 15 is 0 Å². The van der Waals surface area contributed by atoms with E-state index in [1.807, 2.05) is 0 Å². The number of carbonyl (C=O) groups is 2. The standard InChI is InChI=1S/C23H45NO4/c1-2-3-4-5-6-7-8-9-10-11-12-13-14-15-16-17-20-24-21(23(27)28)18-19-22(25)26/h21,24H,2-20H2,1H3,(H,25,26)(H,27,28)/t21-/m1/s1. The first kappa shape index (κ1) is 26.9. The van der Waals surface area contributed by atoms with Crippen LogP contribution in [0.2, 0.25) is 0 Å². The molecule has 0 aliphatic rings. The fraction of sp³-hybridized carbons (Fsp3) is 0.913. The number of hydrogen-bond donors (Lipinski definition) is 3. The van der Waals surface area contributed by atoms with Gasteiger partial charge in [0.25, 0.3) is 0 Å². The van der Waals surface area contributed by atoms with Crippen molar-refractivity contribution in [1.29, 1.82) is 0 Å². The lowest BCUT2D eigenvalue weighted by atomic mass is 10.0. The van der Waals surface area contributed by atoms with Gasteiger partial charge in [-0.05, 0) is 19.4 Å². The van der Waals surface area contributed by atoms with Crippen molar-refractivity contribution >= 4 is 11.9 Å². The molecule has 166 valence electrons. The van der Waals surface area contributed by atoms with Gasteiger partial charge in [0, 0.05) is 6.42 Å². The van der Waals surface area contributed by atoms with Gasteiger partial charge in [-0.2, -0.15) is 0 Å². The largest absolute Gasteiger partial charge is 0.481 e. The molecule has 0 rings (SSSR count). The van der Waals surface area contributed by atoms with Crippen molar-refractivity contribution in [1.82, 2.24) is 5.32 Å². The molecule has 5 nitrogen and oxygen atoms in total. The van der Waals surface area contributed by atoms with E-state index in [4.69, 9.17) is 10.2 Å². The Kier molecular flexibility index (Phi) is 19.8. The average Bonchev–Trinajstić information content (AvgIpc) is 2.66. The van der Waals surface area contributed by atoms with E-state index in [1.165, 1.54) is 89.9 Å². The molecule has 0 aliphatic carbocycles. The SMILES string of the molecule is CCCCCCCCCCCCCCCCCCN[C@H](CCC(=O)O)C(=O)O. The number of nitrogens with one attached hydrogen (secondary N) is 1. The molecule has 0 spiro atoms. The van der Waals surface area contributed by atoms with Gasteiger partial charge in [0.1, 0.15) is 6.04 Å². The lowest BCUT2D eigenvalue weighted by molar-refractivity contribution is -0.140. The zero-order chi connectivity index (χ0) is 20.9. The summed E-state index contributed by atoms with van der Waals surface area (Å²) in [6.45, 7) is 2.91. The molecule has 0 aromatic rings. The molecule has 5 heteroatoms. The number of carboxylic acid groups (broad SMARTS) is 2. The summed E-state index contributed by atoms with van der Waals surface area (Å²) in [7, 11) is 0. The molecular weight excluding hydrogens is 354 g/mol. The van der Waals surface area contributed by atoms with Crippen LogP contribution in [0.3, 0.4) is 0 Å². The minimum atomic E-state index is -0.960. The Labute approximate surface area is 172 Å². The van der Waals surface area contributed by atoms with Crippen LogP contribution < -0.4 is 5.32 Å². The zero-order valence-electron chi connectivity index (χ0n) is 18.2. The Morgan fingerprint density at radius 3 is 1.43 bits per heavy atom. The van der Waals surface area contributed by atoms with Crippen molar-refractivity contribution < 1.29 is 19.8 Å². The van der Waals surface area contributed by atoms with Gasteiger partial charge in [-0.3, -0.25) is 9.59 Å². The predicted molar refractivity (Wildman–Crippen MR) is 116 cm³/mol. The fourth-order valence-corrected chi connectivity index (χ4v) is 3.53. The smallest absolute Gasteiger partial charge is 0.320 e. The summed E-state index contributed by atoms with van der Waals surface area (Å²) in [5.74, 6) is -1.91. The Hall–Kier alpha value is -1.10. The van der Waals surface area contributed by atoms with Crippen molar-refractivity contribution in [3.63, 3.8) is 0 Å². The van der Waals surface area contributed by atoms with Crippen LogP contribution in [-0.4, -0.2) is 34.7 Å². The van der Waals surface area contributed by atoms with Crippen LogP contribution in [0.25, 0.3) is 0 Å². The number of carboxylic acids is 2. The van der Waals surface area contributed by atoms with Gasteiger partial charge < -0.3 is 15.5 Å². The maximum Gasteiger partial charge on any atom is 0.320 e. The van der Waals surface area contributed by atoms with Crippen molar-refractivity contribution in [3.05, 3.63) is 0 Å². The quantitative estimate of drug-likeness (QED) is 0.190. The average molecular weight is 400 g/mol. The van der Waals surface area contributed by atoms with Gasteiger partial charge in [-0.15, -0.1) is 0 Å². The predicted octanol–water partition coefficient (Wildman–Crippen LogP) is 6.16. The normalized spacial score (nSPS) is 12.2. The van der Waals surface area contributed by atoms with Crippen molar-refractivity contribution in [2.24, 2.45) is 0 Å². The van der Waals surface area contributed by atoms with Gasteiger partial charge in [0.15, 0.2) is 0 Å². The highest BCUT2D eigenvalue weighted by Gasteiger charge is 2.17. The zero-order valence-corrected chi connectivity index (χ0v) is 18.2. The molecule has 0 heterocycles. The third kappa shape index (κ3) is 19.7. The van der Waals surface area contributed by atoms with Crippen molar-refractivity contribution in [2.45, 2.75) is 129 Å². The van der Waals surface area contributed by atoms with E-state index in [1.54, 1.807) is 0 Å². The van der Waals surface area contributed by atoms with Crippen molar-refractivity contribution in [3.8, 4) is 0 Å². The molecular formula is C23H45NO4. The van der Waals surface area contributed by atoms with Gasteiger partial charge in [0.05, 0.1) is 0 Å². The minimum absolute atomic E-state index is 0.108. The summed E-state index contributed by atoms with van der Waals surface area (Å²) >= 11 is 0. The maximum atomic E-state index is 11.1. The lowest BCUT2D eigenvalue weighted by Crippen LogP contribution is -2.37. The summed E-state index contributed by atoms with van der Waals surface area (Å²) in [6, 6.07) is -0.743. The van der Waals surface area contributed by atoms with Crippen LogP contribution >= 0.6 is 0 Å². The lowest BCUT2D eigenvalue weighted by Gasteiger charge is -2.13. The molecule has 0 aromatic carbocycles. The molecule has 0 aliphatic heterocycles. The molecule has 1 atom stereocenters. The summed E-state index contributed by atoms with van der Waals surface area (Å²) in [4.78, 5) is 21.6. The Morgan fingerprint density at radius 1 is 0.679 bits per heavy atom. The van der Waals surface area contributed by atoms with Gasteiger partial charge in [0.2, 0.25) is 0 Å². The van der Waals surface area contributed by atoms with Gasteiger partial charge in [-0.1, -0.05) is 103 Å². The monoisotopic (exact) mass is 399 g/mol. The van der Waals surface area contributed by atoms with E-state index in [9.17, 15) is 9.59 Å². The third-order valence-corrected chi connectivity index (χ3v) is 5.37. The van der Waals surface area contributed by atoms with Crippen LogP contribution in [0.1, 0.15) is 122 Å². The second kappa shape index (κ2) is 20.6. The topological polar surface area (TPSA) is 86.6 Å². The van der Waals surface area contributed by atoms with E-state index in [2.05, 4.69) is 12.2 Å². The summed E-state index contributed by atoms with van der Waals surface area (Å²) in [5.41, 5.74) is 0. The highest BCUT2D eigenvalue weighted by molar-refractivity contribution is 5.75. The highest BCUT2D eigenvalue weighted by atomic mass is 16.4. The number of hydrogen-bond acceptors (Lipinski definition) is 3. The van der Waals surface area contributed by atoms with Crippen LogP contribution in [0, 0.1) is 0 Å². The summed E-state index contributed by atoms with van der Waals surface area (Å²) < 4.78 is 0. The second-order valence-electron chi connectivity index (χ2n) is 8.08. The summed E-state index contributed by atoms with van der Waals surface area (Å²) in [5, 5.41) is 20.7. The first-order valence-corrected chi connectivity index (χ1v) is 11.8. The molecule has 0 amide bonds. The Balaban J connectivity index is 3.28. The van der Waals surface area contributed by atoms with Gasteiger partial charge >= 0.3 is 11.9 Å². The number of unbranched alkanes of at least 4 members (excludes halogenated alkanes) is 15. The van der Waals surface area contributed by atoms with E-state index < -0.39 is 18.0 Å². The van der Waals surface area contributed by atoms with Crippen LogP contribution in [-0.2, 0) is 9.59 Å². The molecule has 0 radical (unpaired) electrons. The molecule has 0 aromatic heterocycles. The van der Waals surface area contributed by atoms with Crippen LogP contribution in [0.4, 0.5) is 0 Å². The highest BCUT2D eigenvalue weighted by Crippen LogP contribution is 2.13. The van der Waals surface area contributed by atoms with Crippen molar-refractivity contribution in [2.75, 3.05) is 6.54 Å².